The van der Waals surface area contributed by atoms with Gasteiger partial charge in [-0.25, -0.2) is 12.8 Å². The highest BCUT2D eigenvalue weighted by atomic mass is 32.2. The van der Waals surface area contributed by atoms with E-state index in [-0.39, 0.29) is 4.90 Å². The molecule has 2 N–H and O–H groups in total. The lowest BCUT2D eigenvalue weighted by atomic mass is 10.1. The Labute approximate surface area is 124 Å². The van der Waals surface area contributed by atoms with Crippen molar-refractivity contribution < 1.29 is 12.8 Å². The molecular formula is C15H17FN2O2S. The molecule has 2 aromatic carbocycles. The minimum atomic E-state index is -3.76. The van der Waals surface area contributed by atoms with Gasteiger partial charge in [0.1, 0.15) is 5.82 Å². The number of nitrogen functional groups attached to an aromatic ring is 1. The molecule has 2 rings (SSSR count). The number of hydrogen-bond acceptors (Lipinski definition) is 3. The van der Waals surface area contributed by atoms with Crippen LogP contribution in [-0.2, 0) is 10.0 Å². The molecule has 0 fully saturated rings. The molecule has 0 aromatic heterocycles. The minimum absolute atomic E-state index is 0.189. The van der Waals surface area contributed by atoms with E-state index in [9.17, 15) is 12.8 Å². The summed E-state index contributed by atoms with van der Waals surface area (Å²) in [5.41, 5.74) is 7.76. The van der Waals surface area contributed by atoms with Crippen LogP contribution >= 0.6 is 0 Å². The van der Waals surface area contributed by atoms with Crippen molar-refractivity contribution in [2.75, 3.05) is 17.1 Å². The number of halogens is 1. The quantitative estimate of drug-likeness (QED) is 0.887. The molecule has 112 valence electrons. The van der Waals surface area contributed by atoms with Gasteiger partial charge >= 0.3 is 0 Å². The maximum absolute atomic E-state index is 13.0. The Bertz CT molecular complexity index is 771. The molecule has 0 atom stereocenters. The van der Waals surface area contributed by atoms with E-state index < -0.39 is 15.8 Å². The first-order valence-corrected chi connectivity index (χ1v) is 7.79. The van der Waals surface area contributed by atoms with Crippen LogP contribution in [-0.4, -0.2) is 15.5 Å². The van der Waals surface area contributed by atoms with Crippen molar-refractivity contribution >= 4 is 21.4 Å². The second-order valence-electron chi connectivity index (χ2n) is 4.87. The molecular weight excluding hydrogens is 291 g/mol. The first kappa shape index (κ1) is 15.3. The summed E-state index contributed by atoms with van der Waals surface area (Å²) in [4.78, 5) is 0.189. The topological polar surface area (TPSA) is 63.4 Å². The van der Waals surface area contributed by atoms with Gasteiger partial charge in [-0.2, -0.15) is 0 Å². The SMILES string of the molecule is Cc1ccc(N)c(C)c1S(=O)(=O)N(C)c1ccc(F)cc1. The third-order valence-electron chi connectivity index (χ3n) is 3.45. The van der Waals surface area contributed by atoms with Gasteiger partial charge in [0, 0.05) is 12.7 Å². The van der Waals surface area contributed by atoms with Crippen molar-refractivity contribution in [1.29, 1.82) is 0 Å². The summed E-state index contributed by atoms with van der Waals surface area (Å²) >= 11 is 0. The molecule has 0 aliphatic rings. The second-order valence-corrected chi connectivity index (χ2v) is 6.78. The highest BCUT2D eigenvalue weighted by Crippen LogP contribution is 2.29. The van der Waals surface area contributed by atoms with Gasteiger partial charge in [-0.3, -0.25) is 4.31 Å². The summed E-state index contributed by atoms with van der Waals surface area (Å²) < 4.78 is 39.7. The first-order chi connectivity index (χ1) is 9.75. The number of nitrogens with two attached hydrogens (primary N) is 1. The van der Waals surface area contributed by atoms with E-state index in [0.717, 1.165) is 4.31 Å². The molecule has 0 spiro atoms. The van der Waals surface area contributed by atoms with Crippen LogP contribution in [0.3, 0.4) is 0 Å². The lowest BCUT2D eigenvalue weighted by Crippen LogP contribution is -2.28. The molecule has 0 amide bonds. The van der Waals surface area contributed by atoms with Gasteiger partial charge in [-0.1, -0.05) is 6.07 Å². The average Bonchev–Trinajstić information content (AvgIpc) is 2.43. The van der Waals surface area contributed by atoms with Gasteiger partial charge in [-0.05, 0) is 55.3 Å². The summed E-state index contributed by atoms with van der Waals surface area (Å²) in [6, 6.07) is 8.64. The Kier molecular flexibility index (Phi) is 3.91. The van der Waals surface area contributed by atoms with Crippen LogP contribution in [0.2, 0.25) is 0 Å². The van der Waals surface area contributed by atoms with Gasteiger partial charge in [-0.15, -0.1) is 0 Å². The number of sulfonamides is 1. The third kappa shape index (κ3) is 2.71. The van der Waals surface area contributed by atoms with Gasteiger partial charge in [0.05, 0.1) is 10.6 Å². The second kappa shape index (κ2) is 5.37. The predicted molar refractivity (Wildman–Crippen MR) is 82.3 cm³/mol. The molecule has 6 heteroatoms. The molecule has 0 aliphatic heterocycles. The monoisotopic (exact) mass is 308 g/mol. The maximum atomic E-state index is 13.0. The first-order valence-electron chi connectivity index (χ1n) is 6.35. The van der Waals surface area contributed by atoms with Crippen LogP contribution in [0, 0.1) is 19.7 Å². The largest absolute Gasteiger partial charge is 0.398 e. The molecule has 2 aromatic rings. The number of nitrogens with zero attached hydrogens (tertiary/aromatic N) is 1. The highest BCUT2D eigenvalue weighted by molar-refractivity contribution is 7.93. The van der Waals surface area contributed by atoms with Gasteiger partial charge in [0.2, 0.25) is 0 Å². The van der Waals surface area contributed by atoms with Gasteiger partial charge in [0.15, 0.2) is 0 Å². The molecule has 4 nitrogen and oxygen atoms in total. The summed E-state index contributed by atoms with van der Waals surface area (Å²) in [7, 11) is -2.32. The van der Waals surface area contributed by atoms with Crippen molar-refractivity contribution in [3.8, 4) is 0 Å². The van der Waals surface area contributed by atoms with E-state index in [1.165, 1.54) is 31.3 Å². The van der Waals surface area contributed by atoms with E-state index in [1.54, 1.807) is 26.0 Å². The van der Waals surface area contributed by atoms with Crippen LogP contribution in [0.25, 0.3) is 0 Å². The van der Waals surface area contributed by atoms with E-state index in [0.29, 0.717) is 22.5 Å². The number of hydrogen-bond donors (Lipinski definition) is 1. The van der Waals surface area contributed by atoms with Gasteiger partial charge < -0.3 is 5.73 Å². The Hall–Kier alpha value is -2.08. The molecule has 0 unspecified atom stereocenters. The highest BCUT2D eigenvalue weighted by Gasteiger charge is 2.26. The Morgan fingerprint density at radius 3 is 2.19 bits per heavy atom. The van der Waals surface area contributed by atoms with Crippen molar-refractivity contribution in [3.63, 3.8) is 0 Å². The van der Waals surface area contributed by atoms with E-state index in [4.69, 9.17) is 5.73 Å². The Morgan fingerprint density at radius 1 is 1.05 bits per heavy atom. The summed E-state index contributed by atoms with van der Waals surface area (Å²) in [5.74, 6) is -0.416. The summed E-state index contributed by atoms with van der Waals surface area (Å²) in [6.45, 7) is 3.39. The molecule has 0 heterocycles. The number of benzene rings is 2. The van der Waals surface area contributed by atoms with E-state index in [2.05, 4.69) is 0 Å². The Balaban J connectivity index is 2.57. The van der Waals surface area contributed by atoms with Crippen molar-refractivity contribution in [1.82, 2.24) is 0 Å². The minimum Gasteiger partial charge on any atom is -0.398 e. The zero-order valence-electron chi connectivity index (χ0n) is 12.1. The van der Waals surface area contributed by atoms with Crippen molar-refractivity contribution in [2.24, 2.45) is 0 Å². The number of aryl methyl sites for hydroxylation is 1. The standard InChI is InChI=1S/C15H17FN2O2S/c1-10-4-9-14(17)11(2)15(10)21(19,20)18(3)13-7-5-12(16)6-8-13/h4-9H,17H2,1-3H3. The molecule has 0 bridgehead atoms. The number of anilines is 2. The van der Waals surface area contributed by atoms with Crippen molar-refractivity contribution in [2.45, 2.75) is 18.7 Å². The van der Waals surface area contributed by atoms with Crippen LogP contribution in [0.4, 0.5) is 15.8 Å². The fourth-order valence-electron chi connectivity index (χ4n) is 2.17. The van der Waals surface area contributed by atoms with Crippen LogP contribution in [0.15, 0.2) is 41.3 Å². The smallest absolute Gasteiger partial charge is 0.264 e. The molecule has 0 radical (unpaired) electrons. The lowest BCUT2D eigenvalue weighted by Gasteiger charge is -2.22. The Morgan fingerprint density at radius 2 is 1.62 bits per heavy atom. The molecule has 0 saturated carbocycles. The summed E-state index contributed by atoms with van der Waals surface area (Å²) in [6.07, 6.45) is 0. The van der Waals surface area contributed by atoms with Crippen molar-refractivity contribution in [3.05, 3.63) is 53.3 Å². The molecule has 0 saturated heterocycles. The average molecular weight is 308 g/mol. The fourth-order valence-corrected chi connectivity index (χ4v) is 3.82. The fraction of sp³-hybridized carbons (Fsp3) is 0.200. The van der Waals surface area contributed by atoms with E-state index in [1.807, 2.05) is 0 Å². The summed E-state index contributed by atoms with van der Waals surface area (Å²) in [5, 5.41) is 0. The maximum Gasteiger partial charge on any atom is 0.264 e. The normalized spacial score (nSPS) is 11.4. The third-order valence-corrected chi connectivity index (χ3v) is 5.53. The number of rotatable bonds is 3. The van der Waals surface area contributed by atoms with Crippen LogP contribution in [0.5, 0.6) is 0 Å². The zero-order chi connectivity index (χ0) is 15.8. The lowest BCUT2D eigenvalue weighted by molar-refractivity contribution is 0.593. The van der Waals surface area contributed by atoms with Gasteiger partial charge in [0.25, 0.3) is 10.0 Å². The molecule has 21 heavy (non-hydrogen) atoms. The zero-order valence-corrected chi connectivity index (χ0v) is 12.9. The molecule has 0 aliphatic carbocycles. The van der Waals surface area contributed by atoms with E-state index >= 15 is 0 Å². The van der Waals surface area contributed by atoms with Crippen LogP contribution < -0.4 is 10.0 Å². The predicted octanol–water partition coefficient (Wildman–Crippen LogP) is 2.85. The van der Waals surface area contributed by atoms with Crippen LogP contribution in [0.1, 0.15) is 11.1 Å².